The van der Waals surface area contributed by atoms with Gasteiger partial charge in [0.1, 0.15) is 18.2 Å². The largest absolute Gasteiger partial charge is 0.461 e. The van der Waals surface area contributed by atoms with Gasteiger partial charge in [-0.05, 0) is 38.5 Å². The smallest absolute Gasteiger partial charge is 0.312 e. The summed E-state index contributed by atoms with van der Waals surface area (Å²) in [5, 5.41) is 10.3. The second-order valence-electron chi connectivity index (χ2n) is 10.6. The predicted molar refractivity (Wildman–Crippen MR) is 132 cm³/mol. The predicted octanol–water partition coefficient (Wildman–Crippen LogP) is 2.70. The van der Waals surface area contributed by atoms with E-state index in [-0.39, 0.29) is 37.0 Å². The van der Waals surface area contributed by atoms with Crippen molar-refractivity contribution >= 4 is 17.8 Å². The molecule has 0 aromatic carbocycles. The van der Waals surface area contributed by atoms with E-state index in [0.717, 1.165) is 12.8 Å². The number of hydrogen-bond donors (Lipinski definition) is 1. The van der Waals surface area contributed by atoms with Crippen LogP contribution in [0.1, 0.15) is 59.8 Å². The summed E-state index contributed by atoms with van der Waals surface area (Å²) in [5.41, 5.74) is -1.10. The van der Waals surface area contributed by atoms with Crippen LogP contribution in [-0.4, -0.2) is 82.3 Å². The summed E-state index contributed by atoms with van der Waals surface area (Å²) in [6.07, 6.45) is 6.07. The van der Waals surface area contributed by atoms with Crippen LogP contribution in [-0.2, 0) is 23.9 Å². The zero-order chi connectivity index (χ0) is 25.9. The van der Waals surface area contributed by atoms with Gasteiger partial charge in [-0.1, -0.05) is 45.9 Å². The lowest BCUT2D eigenvalue weighted by molar-refractivity contribution is -0.156. The number of ether oxygens (including phenoxy) is 2. The van der Waals surface area contributed by atoms with Crippen molar-refractivity contribution in [2.24, 2.45) is 17.8 Å². The highest BCUT2D eigenvalue weighted by Crippen LogP contribution is 2.59. The summed E-state index contributed by atoms with van der Waals surface area (Å²) < 4.78 is 11.8. The molecule has 2 bridgehead atoms. The van der Waals surface area contributed by atoms with Crippen LogP contribution in [0.4, 0.5) is 0 Å². The molecule has 196 valence electrons. The number of hydrogen-bond acceptors (Lipinski definition) is 6. The van der Waals surface area contributed by atoms with Gasteiger partial charge in [0.2, 0.25) is 11.8 Å². The van der Waals surface area contributed by atoms with Crippen molar-refractivity contribution < 1.29 is 29.0 Å². The highest BCUT2D eigenvalue weighted by Gasteiger charge is 2.75. The van der Waals surface area contributed by atoms with Gasteiger partial charge in [-0.15, -0.1) is 6.58 Å². The summed E-state index contributed by atoms with van der Waals surface area (Å²) in [6, 6.07) is -1.50. The van der Waals surface area contributed by atoms with E-state index in [2.05, 4.69) is 20.1 Å². The molecule has 0 radical (unpaired) electrons. The molecular formula is C27H42N2O6. The third-order valence-electron chi connectivity index (χ3n) is 7.78. The SMILES string of the molecule is C=CCOC(=O)[C@@H]1[C@H]2C(=O)N([C@@H](CO)CC(C)C)C(C(=O)N(CC=C)C(C)CCC)C23CC[C@H]1O3. The minimum absolute atomic E-state index is 0.0519. The fraction of sp³-hybridized carbons (Fsp3) is 0.741. The van der Waals surface area contributed by atoms with E-state index >= 15 is 0 Å². The first kappa shape index (κ1) is 27.4. The maximum Gasteiger partial charge on any atom is 0.312 e. The molecule has 8 heteroatoms. The summed E-state index contributed by atoms with van der Waals surface area (Å²) in [7, 11) is 0. The highest BCUT2D eigenvalue weighted by atomic mass is 16.6. The number of aliphatic hydroxyl groups is 1. The van der Waals surface area contributed by atoms with Crippen molar-refractivity contribution in [2.75, 3.05) is 19.8 Å². The molecule has 0 aromatic heterocycles. The molecule has 3 saturated heterocycles. The zero-order valence-corrected chi connectivity index (χ0v) is 21.7. The fourth-order valence-electron chi connectivity index (χ4n) is 6.45. The fourth-order valence-corrected chi connectivity index (χ4v) is 6.45. The van der Waals surface area contributed by atoms with Crippen LogP contribution in [0.25, 0.3) is 0 Å². The van der Waals surface area contributed by atoms with Crippen LogP contribution in [0.15, 0.2) is 25.3 Å². The van der Waals surface area contributed by atoms with E-state index in [4.69, 9.17) is 9.47 Å². The maximum absolute atomic E-state index is 14.3. The molecule has 7 atom stereocenters. The minimum atomic E-state index is -1.10. The van der Waals surface area contributed by atoms with E-state index in [1.54, 1.807) is 15.9 Å². The number of likely N-dealkylation sites (tertiary alicyclic amines) is 1. The number of carbonyl (C=O) groups is 3. The first-order valence-electron chi connectivity index (χ1n) is 13.0. The lowest BCUT2D eigenvalue weighted by Gasteiger charge is -2.41. The van der Waals surface area contributed by atoms with E-state index in [0.29, 0.717) is 25.8 Å². The molecular weight excluding hydrogens is 448 g/mol. The molecule has 35 heavy (non-hydrogen) atoms. The third-order valence-corrected chi connectivity index (χ3v) is 7.78. The Kier molecular flexibility index (Phi) is 8.81. The number of amides is 2. The molecule has 0 saturated carbocycles. The molecule has 8 nitrogen and oxygen atoms in total. The second kappa shape index (κ2) is 11.2. The average Bonchev–Trinajstić information content (AvgIpc) is 3.46. The average molecular weight is 491 g/mol. The standard InChI is InChI=1S/C27H42N2O6/c1-7-10-18(6)28(13-8-2)25(32)23-27-12-11-20(35-27)21(26(33)34-14-9-3)22(27)24(31)29(23)19(16-30)15-17(4)5/h8-9,17-23,30H,2-3,7,10-16H2,1,4-6H3/t18?,19-,20-,21+,22+,23?,27?/m1/s1. The van der Waals surface area contributed by atoms with Gasteiger partial charge < -0.3 is 24.4 Å². The summed E-state index contributed by atoms with van der Waals surface area (Å²) >= 11 is 0. The zero-order valence-electron chi connectivity index (χ0n) is 21.7. The van der Waals surface area contributed by atoms with Gasteiger partial charge in [0.25, 0.3) is 0 Å². The summed E-state index contributed by atoms with van der Waals surface area (Å²) in [5.74, 6) is -2.37. The Bertz CT molecular complexity index is 828. The molecule has 3 fully saturated rings. The number of nitrogens with zero attached hydrogens (tertiary/aromatic N) is 2. The molecule has 3 unspecified atom stereocenters. The molecule has 0 aliphatic carbocycles. The third kappa shape index (κ3) is 4.79. The monoisotopic (exact) mass is 490 g/mol. The Hall–Kier alpha value is -2.19. The van der Waals surface area contributed by atoms with Crippen molar-refractivity contribution in [1.82, 2.24) is 9.80 Å². The second-order valence-corrected chi connectivity index (χ2v) is 10.6. The molecule has 2 amide bonds. The Labute approximate surface area is 209 Å². The molecule has 3 aliphatic rings. The molecule has 3 heterocycles. The van der Waals surface area contributed by atoms with Gasteiger partial charge in [-0.2, -0.15) is 0 Å². The lowest BCUT2D eigenvalue weighted by atomic mass is 9.70. The number of esters is 1. The number of carbonyl (C=O) groups excluding carboxylic acids is 3. The first-order chi connectivity index (χ1) is 16.7. The summed E-state index contributed by atoms with van der Waals surface area (Å²) in [4.78, 5) is 44.7. The number of rotatable bonds is 13. The van der Waals surface area contributed by atoms with E-state index in [1.807, 2.05) is 20.8 Å². The Morgan fingerprint density at radius 1 is 1.31 bits per heavy atom. The molecule has 0 aromatic rings. The Balaban J connectivity index is 2.08. The van der Waals surface area contributed by atoms with Crippen LogP contribution in [0, 0.1) is 17.8 Å². The van der Waals surface area contributed by atoms with Crippen LogP contribution in [0.5, 0.6) is 0 Å². The highest BCUT2D eigenvalue weighted by molar-refractivity contribution is 5.98. The minimum Gasteiger partial charge on any atom is -0.461 e. The van der Waals surface area contributed by atoms with Crippen LogP contribution >= 0.6 is 0 Å². The van der Waals surface area contributed by atoms with Crippen LogP contribution in [0.2, 0.25) is 0 Å². The number of aliphatic hydroxyl groups excluding tert-OH is 1. The molecule has 1 N–H and O–H groups in total. The van der Waals surface area contributed by atoms with Crippen molar-refractivity contribution in [3.8, 4) is 0 Å². The summed E-state index contributed by atoms with van der Waals surface area (Å²) in [6.45, 7) is 15.7. The van der Waals surface area contributed by atoms with E-state index in [9.17, 15) is 19.5 Å². The Morgan fingerprint density at radius 3 is 2.60 bits per heavy atom. The van der Waals surface area contributed by atoms with Gasteiger partial charge >= 0.3 is 5.97 Å². The molecule has 3 rings (SSSR count). The normalized spacial score (nSPS) is 30.8. The maximum atomic E-state index is 14.3. The topological polar surface area (TPSA) is 96.4 Å². The van der Waals surface area contributed by atoms with Crippen molar-refractivity contribution in [3.63, 3.8) is 0 Å². The first-order valence-corrected chi connectivity index (χ1v) is 13.0. The molecule has 3 aliphatic heterocycles. The van der Waals surface area contributed by atoms with E-state index < -0.39 is 41.6 Å². The number of fused-ring (bicyclic) bond motifs is 1. The molecule has 1 spiro atoms. The van der Waals surface area contributed by atoms with Gasteiger partial charge in [0.15, 0.2) is 0 Å². The van der Waals surface area contributed by atoms with E-state index in [1.165, 1.54) is 6.08 Å². The van der Waals surface area contributed by atoms with Crippen molar-refractivity contribution in [1.29, 1.82) is 0 Å². The van der Waals surface area contributed by atoms with Gasteiger partial charge in [-0.25, -0.2) is 0 Å². The van der Waals surface area contributed by atoms with Crippen LogP contribution in [0.3, 0.4) is 0 Å². The Morgan fingerprint density at radius 2 is 2.03 bits per heavy atom. The van der Waals surface area contributed by atoms with Crippen molar-refractivity contribution in [2.45, 2.75) is 89.6 Å². The van der Waals surface area contributed by atoms with Crippen LogP contribution < -0.4 is 0 Å². The van der Waals surface area contributed by atoms with Gasteiger partial charge in [0, 0.05) is 12.6 Å². The van der Waals surface area contributed by atoms with Gasteiger partial charge in [-0.3, -0.25) is 14.4 Å². The quantitative estimate of drug-likeness (QED) is 0.315. The van der Waals surface area contributed by atoms with Gasteiger partial charge in [0.05, 0.1) is 30.6 Å². The van der Waals surface area contributed by atoms with Crippen molar-refractivity contribution in [3.05, 3.63) is 25.3 Å². The lowest BCUT2D eigenvalue weighted by Crippen LogP contribution is -2.60.